The van der Waals surface area contributed by atoms with Crippen molar-refractivity contribution in [2.24, 2.45) is 0 Å². The summed E-state index contributed by atoms with van der Waals surface area (Å²) in [4.78, 5) is 12.1. The fourth-order valence-electron chi connectivity index (χ4n) is 2.30. The van der Waals surface area contributed by atoms with E-state index >= 15 is 0 Å². The monoisotopic (exact) mass is 363 g/mol. The van der Waals surface area contributed by atoms with Gasteiger partial charge in [0.15, 0.2) is 0 Å². The number of sulfonamides is 1. The number of rotatable bonds is 5. The van der Waals surface area contributed by atoms with Gasteiger partial charge in [0.25, 0.3) is 15.9 Å². The topological polar surface area (TPSA) is 114 Å². The molecule has 0 aliphatic heterocycles. The van der Waals surface area contributed by atoms with Gasteiger partial charge in [-0.2, -0.15) is 13.5 Å². The highest BCUT2D eigenvalue weighted by atomic mass is 32.2. The van der Waals surface area contributed by atoms with Crippen LogP contribution in [0, 0.1) is 0 Å². The van der Waals surface area contributed by atoms with Gasteiger partial charge in [0.2, 0.25) is 5.09 Å². The summed E-state index contributed by atoms with van der Waals surface area (Å²) in [6.45, 7) is 2.73. The summed E-state index contributed by atoms with van der Waals surface area (Å²) in [5, 5.41) is 14.4. The molecule has 132 valence electrons. The molecule has 3 aromatic rings. The Kier molecular flexibility index (Phi) is 4.13. The molecule has 9 heteroatoms. The summed E-state index contributed by atoms with van der Waals surface area (Å²) in [6, 6.07) is 8.45. The highest BCUT2D eigenvalue weighted by Crippen LogP contribution is 2.24. The average molecular weight is 363 g/mol. The molecule has 25 heavy (non-hydrogen) atoms. The fraction of sp³-hybridized carbons (Fsp3) is 0.250. The number of para-hydroxylation sites is 1. The van der Waals surface area contributed by atoms with Crippen LogP contribution in [0.15, 0.2) is 52.3 Å². The lowest BCUT2D eigenvalue weighted by Crippen LogP contribution is -2.33. The van der Waals surface area contributed by atoms with Crippen LogP contribution in [-0.2, 0) is 27.0 Å². The van der Waals surface area contributed by atoms with Crippen LogP contribution in [0.1, 0.15) is 19.4 Å². The van der Waals surface area contributed by atoms with Crippen LogP contribution in [0.2, 0.25) is 0 Å². The van der Waals surface area contributed by atoms with E-state index in [0.717, 1.165) is 17.2 Å². The van der Waals surface area contributed by atoms with Crippen molar-refractivity contribution in [2.45, 2.75) is 31.1 Å². The molecule has 0 atom stereocenters. The van der Waals surface area contributed by atoms with Gasteiger partial charge >= 0.3 is 0 Å². The van der Waals surface area contributed by atoms with Crippen molar-refractivity contribution >= 4 is 26.8 Å². The summed E-state index contributed by atoms with van der Waals surface area (Å²) < 4.78 is 32.8. The fourth-order valence-corrected chi connectivity index (χ4v) is 3.22. The van der Waals surface area contributed by atoms with Crippen molar-refractivity contribution in [3.8, 4) is 0 Å². The van der Waals surface area contributed by atoms with Gasteiger partial charge < -0.3 is 9.52 Å². The lowest BCUT2D eigenvalue weighted by Gasteiger charge is -2.13. The van der Waals surface area contributed by atoms with Crippen molar-refractivity contribution in [3.63, 3.8) is 0 Å². The number of hydrogen-bond donors (Lipinski definition) is 2. The lowest BCUT2D eigenvalue weighted by molar-refractivity contribution is -0.120. The highest BCUT2D eigenvalue weighted by molar-refractivity contribution is 7.89. The van der Waals surface area contributed by atoms with Gasteiger partial charge in [-0.25, -0.2) is 4.72 Å². The molecule has 0 fully saturated rings. The molecule has 1 aromatic carbocycles. The number of carbonyl (C=O) groups excluding carboxylic acids is 1. The minimum atomic E-state index is -4.17. The Morgan fingerprint density at radius 3 is 2.76 bits per heavy atom. The van der Waals surface area contributed by atoms with E-state index < -0.39 is 26.6 Å². The van der Waals surface area contributed by atoms with Crippen molar-refractivity contribution < 1.29 is 22.7 Å². The first-order valence-electron chi connectivity index (χ1n) is 7.44. The maximum atomic E-state index is 12.2. The van der Waals surface area contributed by atoms with Crippen LogP contribution in [-0.4, -0.2) is 29.2 Å². The Morgan fingerprint density at radius 2 is 2.08 bits per heavy atom. The van der Waals surface area contributed by atoms with Gasteiger partial charge in [-0.1, -0.05) is 18.2 Å². The maximum absolute atomic E-state index is 12.2. The van der Waals surface area contributed by atoms with Gasteiger partial charge in [0.05, 0.1) is 23.6 Å². The molecule has 8 nitrogen and oxygen atoms in total. The molecule has 2 aromatic heterocycles. The van der Waals surface area contributed by atoms with E-state index in [-0.39, 0.29) is 6.54 Å². The molecule has 2 heterocycles. The smallest absolute Gasteiger partial charge is 0.297 e. The van der Waals surface area contributed by atoms with Crippen LogP contribution < -0.4 is 4.72 Å². The minimum Gasteiger partial charge on any atom is -0.451 e. The van der Waals surface area contributed by atoms with Crippen LogP contribution >= 0.6 is 0 Å². The zero-order chi connectivity index (χ0) is 18.2. The summed E-state index contributed by atoms with van der Waals surface area (Å²) in [5.74, 6) is -0.755. The number of aromatic nitrogens is 2. The van der Waals surface area contributed by atoms with Gasteiger partial charge in [0, 0.05) is 17.0 Å². The first-order chi connectivity index (χ1) is 11.7. The molecule has 0 unspecified atom stereocenters. The predicted octanol–water partition coefficient (Wildman–Crippen LogP) is 1.36. The van der Waals surface area contributed by atoms with Crippen LogP contribution in [0.25, 0.3) is 10.9 Å². The van der Waals surface area contributed by atoms with E-state index in [1.165, 1.54) is 24.6 Å². The van der Waals surface area contributed by atoms with Crippen molar-refractivity contribution in [1.29, 1.82) is 0 Å². The number of nitrogens with one attached hydrogen (secondary N) is 1. The largest absolute Gasteiger partial charge is 0.451 e. The molecule has 0 aliphatic carbocycles. The molecule has 0 aliphatic rings. The summed E-state index contributed by atoms with van der Waals surface area (Å²) >= 11 is 0. The van der Waals surface area contributed by atoms with Crippen LogP contribution in [0.4, 0.5) is 0 Å². The van der Waals surface area contributed by atoms with Gasteiger partial charge in [-0.15, -0.1) is 0 Å². The number of fused-ring (bicyclic) bond motifs is 1. The quantitative estimate of drug-likeness (QED) is 0.707. The van der Waals surface area contributed by atoms with E-state index in [4.69, 9.17) is 4.42 Å². The molecule has 3 rings (SSSR count). The normalized spacial score (nSPS) is 12.4. The number of hydrogen-bond acceptors (Lipinski definition) is 6. The predicted molar refractivity (Wildman–Crippen MR) is 89.0 cm³/mol. The van der Waals surface area contributed by atoms with Crippen molar-refractivity contribution in [2.75, 3.05) is 0 Å². The van der Waals surface area contributed by atoms with Gasteiger partial charge in [0.1, 0.15) is 6.54 Å². The zero-order valence-corrected chi connectivity index (χ0v) is 14.4. The highest BCUT2D eigenvalue weighted by Gasteiger charge is 2.26. The Balaban J connectivity index is 1.76. The van der Waals surface area contributed by atoms with Crippen molar-refractivity contribution in [3.05, 3.63) is 48.4 Å². The molecule has 1 amide bonds. The number of nitrogens with zero attached hydrogens (tertiary/aromatic N) is 2. The van der Waals surface area contributed by atoms with Crippen LogP contribution in [0.3, 0.4) is 0 Å². The number of furan rings is 1. The summed E-state index contributed by atoms with van der Waals surface area (Å²) in [7, 11) is -4.17. The second kappa shape index (κ2) is 6.01. The Bertz CT molecular complexity index is 1030. The third kappa shape index (κ3) is 3.57. The molecule has 0 radical (unpaired) electrons. The summed E-state index contributed by atoms with van der Waals surface area (Å²) in [5.41, 5.74) is -0.245. The zero-order valence-electron chi connectivity index (χ0n) is 13.6. The minimum absolute atomic E-state index is 0.258. The first-order valence-corrected chi connectivity index (χ1v) is 8.93. The molecule has 0 spiro atoms. The Hall–Kier alpha value is -2.65. The molecule has 0 saturated carbocycles. The lowest BCUT2D eigenvalue weighted by atomic mass is 10.0. The average Bonchev–Trinajstić information content (AvgIpc) is 3.14. The summed E-state index contributed by atoms with van der Waals surface area (Å²) in [6.07, 6.45) is 2.74. The molecular weight excluding hydrogens is 346 g/mol. The van der Waals surface area contributed by atoms with Gasteiger partial charge in [-0.05, 0) is 19.9 Å². The maximum Gasteiger partial charge on any atom is 0.297 e. The standard InChI is InChI=1S/C16H17N3O5S/c1-16(2,21)12-7-15(24-10-12)25(22,23)18-14(20)9-19-13-6-4-3-5-11(13)8-17-19/h3-8,10,21H,9H2,1-2H3,(H,18,20). The third-order valence-electron chi connectivity index (χ3n) is 3.64. The second-order valence-electron chi connectivity index (χ2n) is 6.10. The van der Waals surface area contributed by atoms with E-state index in [1.807, 2.05) is 16.9 Å². The second-order valence-corrected chi connectivity index (χ2v) is 7.72. The molecular formula is C16H17N3O5S. The van der Waals surface area contributed by atoms with E-state index in [9.17, 15) is 18.3 Å². The Morgan fingerprint density at radius 1 is 1.36 bits per heavy atom. The number of aliphatic hydroxyl groups is 1. The molecule has 0 bridgehead atoms. The van der Waals surface area contributed by atoms with Crippen LogP contribution in [0.5, 0.6) is 0 Å². The molecule has 0 saturated heterocycles. The number of benzene rings is 1. The van der Waals surface area contributed by atoms with Crippen molar-refractivity contribution in [1.82, 2.24) is 14.5 Å². The first kappa shape index (κ1) is 17.2. The number of carbonyl (C=O) groups is 1. The van der Waals surface area contributed by atoms with E-state index in [0.29, 0.717) is 5.56 Å². The van der Waals surface area contributed by atoms with E-state index in [2.05, 4.69) is 5.10 Å². The van der Waals surface area contributed by atoms with Gasteiger partial charge in [-0.3, -0.25) is 9.48 Å². The molecule has 2 N–H and O–H groups in total. The number of amides is 1. The SMILES string of the molecule is CC(C)(O)c1coc(S(=O)(=O)NC(=O)Cn2ncc3ccccc32)c1. The van der Waals surface area contributed by atoms with E-state index in [1.54, 1.807) is 18.3 Å². The Labute approximate surface area is 144 Å². The third-order valence-corrected chi connectivity index (χ3v) is 4.88.